The first-order chi connectivity index (χ1) is 10.7. The number of unbranched alkanes of at least 4 members (excludes halogenated alkanes) is 1. The smallest absolute Gasteiger partial charge is 0.115 e. The fourth-order valence-corrected chi connectivity index (χ4v) is 3.50. The number of nitrogens with zero attached hydrogens (tertiary/aromatic N) is 2. The van der Waals surface area contributed by atoms with Crippen LogP contribution in [0.5, 0.6) is 0 Å². The number of hydrogen-bond acceptors (Lipinski definition) is 3. The van der Waals surface area contributed by atoms with E-state index in [9.17, 15) is 0 Å². The van der Waals surface area contributed by atoms with Crippen molar-refractivity contribution in [3.05, 3.63) is 51.5 Å². The maximum Gasteiger partial charge on any atom is 0.115 e. The second kappa shape index (κ2) is 6.63. The number of hydrogen-bond donors (Lipinski definition) is 1. The minimum atomic E-state index is 0.755. The maximum absolute atomic E-state index is 5.65. The number of rotatable bonds is 6. The van der Waals surface area contributed by atoms with E-state index < -0.39 is 0 Å². The quantitative estimate of drug-likeness (QED) is 0.698. The van der Waals surface area contributed by atoms with Crippen LogP contribution in [0.25, 0.3) is 11.0 Å². The molecule has 0 amide bonds. The van der Waals surface area contributed by atoms with Crippen LogP contribution in [0.15, 0.2) is 29.6 Å². The average Bonchev–Trinajstić information content (AvgIpc) is 3.10. The van der Waals surface area contributed by atoms with E-state index in [2.05, 4.69) is 48.1 Å². The van der Waals surface area contributed by atoms with Crippen LogP contribution in [0.4, 0.5) is 0 Å². The van der Waals surface area contributed by atoms with Crippen LogP contribution in [0.3, 0.4) is 0 Å². The van der Waals surface area contributed by atoms with E-state index in [1.165, 1.54) is 27.3 Å². The zero-order valence-corrected chi connectivity index (χ0v) is 14.1. The molecule has 3 aromatic rings. The van der Waals surface area contributed by atoms with Gasteiger partial charge in [0.15, 0.2) is 0 Å². The van der Waals surface area contributed by atoms with E-state index in [0.29, 0.717) is 0 Å². The third-order valence-corrected chi connectivity index (χ3v) is 5.07. The van der Waals surface area contributed by atoms with Crippen molar-refractivity contribution in [1.82, 2.24) is 9.55 Å². The van der Waals surface area contributed by atoms with Crippen LogP contribution in [-0.2, 0) is 13.0 Å². The predicted octanol–water partition coefficient (Wildman–Crippen LogP) is 4.04. The number of aryl methyl sites for hydroxylation is 3. The van der Waals surface area contributed by atoms with E-state index in [1.54, 1.807) is 11.3 Å². The summed E-state index contributed by atoms with van der Waals surface area (Å²) in [6.45, 7) is 6.08. The Balaban J connectivity index is 2.02. The fourth-order valence-electron chi connectivity index (χ4n) is 2.80. The first-order valence-corrected chi connectivity index (χ1v) is 8.76. The summed E-state index contributed by atoms with van der Waals surface area (Å²) in [6.07, 6.45) is 3.07. The molecular weight excluding hydrogens is 290 g/mol. The lowest BCUT2D eigenvalue weighted by molar-refractivity contribution is 0.608. The average molecular weight is 313 g/mol. The summed E-state index contributed by atoms with van der Waals surface area (Å²) in [6, 6.07) is 8.78. The van der Waals surface area contributed by atoms with E-state index >= 15 is 0 Å². The Kier molecular flexibility index (Phi) is 4.60. The zero-order chi connectivity index (χ0) is 15.5. The number of imidazole rings is 1. The predicted molar refractivity (Wildman–Crippen MR) is 94.6 cm³/mol. The van der Waals surface area contributed by atoms with Crippen molar-refractivity contribution in [2.24, 2.45) is 5.73 Å². The Morgan fingerprint density at radius 1 is 1.18 bits per heavy atom. The Morgan fingerprint density at radius 3 is 2.73 bits per heavy atom. The summed E-state index contributed by atoms with van der Waals surface area (Å²) in [7, 11) is 0. The van der Waals surface area contributed by atoms with Gasteiger partial charge in [0.1, 0.15) is 5.82 Å². The molecule has 0 aliphatic rings. The van der Waals surface area contributed by atoms with E-state index in [-0.39, 0.29) is 0 Å². The summed E-state index contributed by atoms with van der Waals surface area (Å²) in [5, 5.41) is 2.13. The molecule has 2 heterocycles. The number of aromatic nitrogens is 2. The molecule has 4 heteroatoms. The van der Waals surface area contributed by atoms with Crippen LogP contribution in [0.2, 0.25) is 0 Å². The van der Waals surface area contributed by atoms with Gasteiger partial charge in [-0.2, -0.15) is 0 Å². The molecular formula is C18H23N3S. The molecule has 2 aromatic heterocycles. The molecule has 0 radical (unpaired) electrons. The van der Waals surface area contributed by atoms with Gasteiger partial charge in [-0.25, -0.2) is 4.98 Å². The Morgan fingerprint density at radius 2 is 2.00 bits per heavy atom. The number of fused-ring (bicyclic) bond motifs is 1. The SMILES string of the molecule is Cc1cc2nc(Cc3cccs3)n(CCCCN)c2cc1C. The molecule has 0 aliphatic heterocycles. The lowest BCUT2D eigenvalue weighted by Crippen LogP contribution is -2.07. The largest absolute Gasteiger partial charge is 0.330 e. The zero-order valence-electron chi connectivity index (χ0n) is 13.3. The summed E-state index contributed by atoms with van der Waals surface area (Å²) >= 11 is 1.80. The van der Waals surface area contributed by atoms with E-state index in [1.807, 2.05) is 0 Å². The summed E-state index contributed by atoms with van der Waals surface area (Å²) < 4.78 is 2.39. The molecule has 22 heavy (non-hydrogen) atoms. The van der Waals surface area contributed by atoms with Crippen molar-refractivity contribution in [1.29, 1.82) is 0 Å². The first-order valence-electron chi connectivity index (χ1n) is 7.88. The normalized spacial score (nSPS) is 11.4. The van der Waals surface area contributed by atoms with Crippen molar-refractivity contribution in [3.8, 4) is 0 Å². The highest BCUT2D eigenvalue weighted by molar-refractivity contribution is 7.09. The molecule has 0 saturated heterocycles. The molecule has 0 spiro atoms. The Hall–Kier alpha value is -1.65. The molecule has 116 valence electrons. The highest BCUT2D eigenvalue weighted by Gasteiger charge is 2.12. The third kappa shape index (κ3) is 3.08. The van der Waals surface area contributed by atoms with Crippen molar-refractivity contribution < 1.29 is 0 Å². The van der Waals surface area contributed by atoms with Gasteiger partial charge in [0, 0.05) is 17.8 Å². The van der Waals surface area contributed by atoms with Gasteiger partial charge in [0.05, 0.1) is 11.0 Å². The van der Waals surface area contributed by atoms with Crippen molar-refractivity contribution in [2.45, 2.75) is 39.7 Å². The minimum absolute atomic E-state index is 0.755. The monoisotopic (exact) mass is 313 g/mol. The van der Waals surface area contributed by atoms with Crippen molar-refractivity contribution >= 4 is 22.4 Å². The lowest BCUT2D eigenvalue weighted by Gasteiger charge is -2.09. The standard InChI is InChI=1S/C18H23N3S/c1-13-10-16-17(11-14(13)2)21(8-4-3-7-19)18(20-16)12-15-6-5-9-22-15/h5-6,9-11H,3-4,7-8,12,19H2,1-2H3. The van der Waals surface area contributed by atoms with Gasteiger partial charge in [0.2, 0.25) is 0 Å². The molecule has 2 N–H and O–H groups in total. The van der Waals surface area contributed by atoms with E-state index in [4.69, 9.17) is 10.7 Å². The number of nitrogens with two attached hydrogens (primary N) is 1. The molecule has 0 bridgehead atoms. The Labute approximate surface area is 135 Å². The van der Waals surface area contributed by atoms with Crippen molar-refractivity contribution in [2.75, 3.05) is 6.54 Å². The van der Waals surface area contributed by atoms with Gasteiger partial charge in [0.25, 0.3) is 0 Å². The van der Waals surface area contributed by atoms with Gasteiger partial charge in [-0.3, -0.25) is 0 Å². The van der Waals surface area contributed by atoms with E-state index in [0.717, 1.165) is 37.9 Å². The van der Waals surface area contributed by atoms with Gasteiger partial charge < -0.3 is 10.3 Å². The molecule has 0 saturated carbocycles. The molecule has 0 aliphatic carbocycles. The van der Waals surface area contributed by atoms with Gasteiger partial charge in [-0.1, -0.05) is 6.07 Å². The minimum Gasteiger partial charge on any atom is -0.330 e. The maximum atomic E-state index is 5.65. The molecule has 0 unspecified atom stereocenters. The number of thiophene rings is 1. The second-order valence-corrected chi connectivity index (χ2v) is 6.89. The molecule has 0 atom stereocenters. The van der Waals surface area contributed by atoms with Crippen LogP contribution in [0.1, 0.15) is 34.7 Å². The highest BCUT2D eigenvalue weighted by atomic mass is 32.1. The molecule has 1 aromatic carbocycles. The van der Waals surface area contributed by atoms with Gasteiger partial charge in [-0.15, -0.1) is 11.3 Å². The van der Waals surface area contributed by atoms with Gasteiger partial charge >= 0.3 is 0 Å². The number of benzene rings is 1. The van der Waals surface area contributed by atoms with Gasteiger partial charge in [-0.05, 0) is 67.9 Å². The van der Waals surface area contributed by atoms with Crippen LogP contribution in [0, 0.1) is 13.8 Å². The highest BCUT2D eigenvalue weighted by Crippen LogP contribution is 2.24. The fraction of sp³-hybridized carbons (Fsp3) is 0.389. The summed E-state index contributed by atoms with van der Waals surface area (Å²) in [4.78, 5) is 6.27. The summed E-state index contributed by atoms with van der Waals surface area (Å²) in [5.41, 5.74) is 10.7. The molecule has 3 rings (SSSR count). The van der Waals surface area contributed by atoms with Crippen LogP contribution in [-0.4, -0.2) is 16.1 Å². The van der Waals surface area contributed by atoms with Crippen molar-refractivity contribution in [3.63, 3.8) is 0 Å². The first kappa shape index (κ1) is 15.3. The topological polar surface area (TPSA) is 43.8 Å². The lowest BCUT2D eigenvalue weighted by atomic mass is 10.1. The Bertz CT molecular complexity index is 756. The van der Waals surface area contributed by atoms with Crippen LogP contribution >= 0.6 is 11.3 Å². The van der Waals surface area contributed by atoms with Crippen LogP contribution < -0.4 is 5.73 Å². The molecule has 0 fully saturated rings. The molecule has 3 nitrogen and oxygen atoms in total. The third-order valence-electron chi connectivity index (χ3n) is 4.19. The summed E-state index contributed by atoms with van der Waals surface area (Å²) in [5.74, 6) is 1.17. The second-order valence-electron chi connectivity index (χ2n) is 5.86.